The van der Waals surface area contributed by atoms with Crippen LogP contribution in [0.3, 0.4) is 0 Å². The number of rotatable bonds is 5. The van der Waals surface area contributed by atoms with E-state index in [-0.39, 0.29) is 35.8 Å². The number of nitro benzene ring substituents is 1. The molecule has 0 saturated heterocycles. The van der Waals surface area contributed by atoms with Crippen molar-refractivity contribution in [2.24, 2.45) is 0 Å². The van der Waals surface area contributed by atoms with Crippen LogP contribution in [-0.2, 0) is 16.0 Å². The van der Waals surface area contributed by atoms with Crippen molar-refractivity contribution < 1.29 is 24.0 Å². The van der Waals surface area contributed by atoms with Crippen molar-refractivity contribution in [3.05, 3.63) is 33.4 Å². The molecule has 0 amide bonds. The lowest BCUT2D eigenvalue weighted by Gasteiger charge is -2.18. The number of Topliss-reactive ketones (excluding diaryl/α,β-unsaturated/α-hetero) is 1. The molecule has 0 heterocycles. The van der Waals surface area contributed by atoms with Crippen LogP contribution in [0.2, 0.25) is 0 Å². The normalized spacial score (nSPS) is 14.9. The largest absolute Gasteiger partial charge is 0.472 e. The number of aryl methyl sites for hydroxylation is 1. The van der Waals surface area contributed by atoms with Crippen molar-refractivity contribution in [3.63, 3.8) is 0 Å². The summed E-state index contributed by atoms with van der Waals surface area (Å²) in [4.78, 5) is 34.4. The molecule has 118 valence electrons. The first-order valence-corrected chi connectivity index (χ1v) is 7.12. The molecule has 1 aliphatic rings. The van der Waals surface area contributed by atoms with Crippen LogP contribution in [0.1, 0.15) is 42.6 Å². The van der Waals surface area contributed by atoms with E-state index in [1.54, 1.807) is 13.0 Å². The van der Waals surface area contributed by atoms with Gasteiger partial charge in [0.15, 0.2) is 17.6 Å². The van der Waals surface area contributed by atoms with Crippen molar-refractivity contribution >= 4 is 17.4 Å². The SMILES string of the molecule is CCOC(=O)C(C)Oc1ccc2c(c1[N+](=O)[O-])C(=O)CCC2. The summed E-state index contributed by atoms with van der Waals surface area (Å²) in [5.74, 6) is -0.956. The topological polar surface area (TPSA) is 95.7 Å². The molecule has 22 heavy (non-hydrogen) atoms. The second kappa shape index (κ2) is 6.55. The van der Waals surface area contributed by atoms with Gasteiger partial charge in [0.25, 0.3) is 0 Å². The fraction of sp³-hybridized carbons (Fsp3) is 0.467. The van der Waals surface area contributed by atoms with Crippen LogP contribution in [0.25, 0.3) is 0 Å². The Labute approximate surface area is 127 Å². The van der Waals surface area contributed by atoms with Gasteiger partial charge in [-0.1, -0.05) is 6.07 Å². The maximum absolute atomic E-state index is 12.0. The Balaban J connectivity index is 2.40. The van der Waals surface area contributed by atoms with E-state index in [0.29, 0.717) is 18.4 Å². The van der Waals surface area contributed by atoms with Gasteiger partial charge < -0.3 is 9.47 Å². The highest BCUT2D eigenvalue weighted by molar-refractivity contribution is 6.03. The Morgan fingerprint density at radius 2 is 2.14 bits per heavy atom. The minimum absolute atomic E-state index is 0.0837. The minimum atomic E-state index is -0.990. The molecular formula is C15H17NO6. The first-order chi connectivity index (χ1) is 10.5. The number of hydrogen-bond donors (Lipinski definition) is 0. The van der Waals surface area contributed by atoms with Crippen LogP contribution in [-0.4, -0.2) is 29.4 Å². The number of fused-ring (bicyclic) bond motifs is 1. The summed E-state index contributed by atoms with van der Waals surface area (Å²) < 4.78 is 10.2. The zero-order chi connectivity index (χ0) is 16.3. The molecule has 0 saturated carbocycles. The number of benzene rings is 1. The molecule has 1 aromatic carbocycles. The fourth-order valence-corrected chi connectivity index (χ4v) is 2.47. The lowest BCUT2D eigenvalue weighted by Crippen LogP contribution is -2.26. The molecule has 0 bridgehead atoms. The van der Waals surface area contributed by atoms with Crippen LogP contribution in [0, 0.1) is 10.1 Å². The fourth-order valence-electron chi connectivity index (χ4n) is 2.47. The van der Waals surface area contributed by atoms with Crippen LogP contribution >= 0.6 is 0 Å². The van der Waals surface area contributed by atoms with Crippen molar-refractivity contribution in [2.75, 3.05) is 6.61 Å². The average molecular weight is 307 g/mol. The molecule has 2 rings (SSSR count). The Hall–Kier alpha value is -2.44. The number of ketones is 1. The van der Waals surface area contributed by atoms with E-state index in [1.807, 2.05) is 0 Å². The van der Waals surface area contributed by atoms with Gasteiger partial charge in [-0.05, 0) is 38.3 Å². The quantitative estimate of drug-likeness (QED) is 0.471. The summed E-state index contributed by atoms with van der Waals surface area (Å²) in [5.41, 5.74) is 0.391. The summed E-state index contributed by atoms with van der Waals surface area (Å²) >= 11 is 0. The van der Waals surface area contributed by atoms with Crippen LogP contribution in [0.5, 0.6) is 5.75 Å². The predicted molar refractivity (Wildman–Crippen MR) is 77.1 cm³/mol. The monoisotopic (exact) mass is 307 g/mol. The van der Waals surface area contributed by atoms with Gasteiger partial charge >= 0.3 is 11.7 Å². The summed E-state index contributed by atoms with van der Waals surface area (Å²) in [6.45, 7) is 3.30. The number of nitro groups is 1. The molecule has 7 nitrogen and oxygen atoms in total. The van der Waals surface area contributed by atoms with Gasteiger partial charge in [0, 0.05) is 6.42 Å². The van der Waals surface area contributed by atoms with E-state index >= 15 is 0 Å². The number of hydrogen-bond acceptors (Lipinski definition) is 6. The number of carbonyl (C=O) groups is 2. The molecule has 0 aliphatic heterocycles. The standard InChI is InChI=1S/C15H17NO6/c1-3-21-15(18)9(2)22-12-8-7-10-5-4-6-11(17)13(10)14(12)16(19)20/h7-9H,3-6H2,1-2H3. The van der Waals surface area contributed by atoms with E-state index in [2.05, 4.69) is 0 Å². The molecule has 1 atom stereocenters. The van der Waals surface area contributed by atoms with Crippen LogP contribution < -0.4 is 4.74 Å². The Kier molecular flexibility index (Phi) is 4.75. The van der Waals surface area contributed by atoms with Crippen molar-refractivity contribution in [1.29, 1.82) is 0 Å². The molecule has 1 aromatic rings. The summed E-state index contributed by atoms with van der Waals surface area (Å²) in [5, 5.41) is 11.4. The molecule has 0 aromatic heterocycles. The molecule has 0 N–H and O–H groups in total. The summed E-state index contributed by atoms with van der Waals surface area (Å²) in [6.07, 6.45) is 0.596. The smallest absolute Gasteiger partial charge is 0.347 e. The predicted octanol–water partition coefficient (Wildman–Crippen LogP) is 2.44. The molecule has 1 aliphatic carbocycles. The summed E-state index contributed by atoms with van der Waals surface area (Å²) in [6, 6.07) is 3.08. The van der Waals surface area contributed by atoms with Gasteiger partial charge in [-0.2, -0.15) is 0 Å². The molecular weight excluding hydrogens is 290 g/mol. The number of nitrogens with zero attached hydrogens (tertiary/aromatic N) is 1. The lowest BCUT2D eigenvalue weighted by molar-refractivity contribution is -0.386. The molecule has 7 heteroatoms. The lowest BCUT2D eigenvalue weighted by atomic mass is 9.89. The molecule has 1 unspecified atom stereocenters. The maximum atomic E-state index is 12.0. The van der Waals surface area contributed by atoms with Gasteiger partial charge in [-0.3, -0.25) is 14.9 Å². The molecule has 0 spiro atoms. The number of ether oxygens (including phenoxy) is 2. The van der Waals surface area contributed by atoms with E-state index in [1.165, 1.54) is 13.0 Å². The molecule has 0 radical (unpaired) electrons. The maximum Gasteiger partial charge on any atom is 0.347 e. The molecule has 0 fully saturated rings. The van der Waals surface area contributed by atoms with Gasteiger partial charge in [-0.15, -0.1) is 0 Å². The number of carbonyl (C=O) groups excluding carboxylic acids is 2. The van der Waals surface area contributed by atoms with E-state index in [4.69, 9.17) is 9.47 Å². The van der Waals surface area contributed by atoms with Crippen molar-refractivity contribution in [3.8, 4) is 5.75 Å². The van der Waals surface area contributed by atoms with Gasteiger partial charge in [0.05, 0.1) is 11.5 Å². The third-order valence-electron chi connectivity index (χ3n) is 3.46. The second-order valence-electron chi connectivity index (χ2n) is 4.99. The van der Waals surface area contributed by atoms with Gasteiger partial charge in [0.1, 0.15) is 5.56 Å². The Morgan fingerprint density at radius 3 is 2.77 bits per heavy atom. The third-order valence-corrected chi connectivity index (χ3v) is 3.46. The van der Waals surface area contributed by atoms with E-state index < -0.39 is 17.0 Å². The summed E-state index contributed by atoms with van der Waals surface area (Å²) in [7, 11) is 0. The highest BCUT2D eigenvalue weighted by Gasteiger charge is 2.32. The Morgan fingerprint density at radius 1 is 1.41 bits per heavy atom. The first-order valence-electron chi connectivity index (χ1n) is 7.12. The Bertz CT molecular complexity index is 625. The van der Waals surface area contributed by atoms with Gasteiger partial charge in [0.2, 0.25) is 0 Å². The number of esters is 1. The third kappa shape index (κ3) is 3.08. The first kappa shape index (κ1) is 15.9. The van der Waals surface area contributed by atoms with E-state index in [9.17, 15) is 19.7 Å². The minimum Gasteiger partial charge on any atom is -0.472 e. The highest BCUT2D eigenvalue weighted by atomic mass is 16.6. The average Bonchev–Trinajstić information content (AvgIpc) is 2.47. The zero-order valence-corrected chi connectivity index (χ0v) is 12.5. The van der Waals surface area contributed by atoms with Gasteiger partial charge in [-0.25, -0.2) is 4.79 Å². The zero-order valence-electron chi connectivity index (χ0n) is 12.5. The van der Waals surface area contributed by atoms with Crippen LogP contribution in [0.15, 0.2) is 12.1 Å². The highest BCUT2D eigenvalue weighted by Crippen LogP contribution is 2.37. The van der Waals surface area contributed by atoms with Crippen molar-refractivity contribution in [2.45, 2.75) is 39.2 Å². The van der Waals surface area contributed by atoms with Crippen molar-refractivity contribution in [1.82, 2.24) is 0 Å². The van der Waals surface area contributed by atoms with E-state index in [0.717, 1.165) is 0 Å². The second-order valence-corrected chi connectivity index (χ2v) is 4.99. The van der Waals surface area contributed by atoms with Crippen LogP contribution in [0.4, 0.5) is 5.69 Å².